The molecule has 0 bridgehead atoms. The van der Waals surface area contributed by atoms with Gasteiger partial charge in [0.15, 0.2) is 5.57 Å². The molecule has 6 nitrogen and oxygen atoms in total. The molecule has 100 valence electrons. The fourth-order valence-corrected chi connectivity index (χ4v) is 1.81. The van der Waals surface area contributed by atoms with Crippen LogP contribution in [0.3, 0.4) is 0 Å². The second kappa shape index (κ2) is 3.90. The Kier molecular flexibility index (Phi) is 2.76. The van der Waals surface area contributed by atoms with Crippen LogP contribution in [-0.4, -0.2) is 30.8 Å². The Hall–Kier alpha value is -1.72. The van der Waals surface area contributed by atoms with Crippen molar-refractivity contribution in [2.24, 2.45) is 5.41 Å². The van der Waals surface area contributed by atoms with Crippen molar-refractivity contribution < 1.29 is 19.1 Å². The van der Waals surface area contributed by atoms with Crippen LogP contribution in [0.2, 0.25) is 0 Å². The number of carbonyl (C=O) groups excluding carboxylic acids is 2. The maximum atomic E-state index is 11.8. The molecular weight excluding hydrogens is 236 g/mol. The lowest BCUT2D eigenvalue weighted by Crippen LogP contribution is -2.51. The van der Waals surface area contributed by atoms with E-state index in [0.717, 1.165) is 0 Å². The number of cyclic esters (lactones) is 2. The van der Waals surface area contributed by atoms with Crippen molar-refractivity contribution in [2.75, 3.05) is 13.1 Å². The predicted molar refractivity (Wildman–Crippen MR) is 63.1 cm³/mol. The van der Waals surface area contributed by atoms with E-state index in [1.54, 1.807) is 0 Å². The topological polar surface area (TPSA) is 76.7 Å². The van der Waals surface area contributed by atoms with Gasteiger partial charge in [-0.3, -0.25) is 0 Å². The van der Waals surface area contributed by atoms with Crippen LogP contribution in [0, 0.1) is 5.41 Å². The van der Waals surface area contributed by atoms with Crippen LogP contribution in [-0.2, 0) is 19.1 Å². The van der Waals surface area contributed by atoms with Crippen LogP contribution in [0.5, 0.6) is 0 Å². The molecule has 2 fully saturated rings. The maximum Gasteiger partial charge on any atom is 0.352 e. The highest BCUT2D eigenvalue weighted by atomic mass is 16.7. The number of hydrogen-bond donors (Lipinski definition) is 2. The summed E-state index contributed by atoms with van der Waals surface area (Å²) in [5.41, 5.74) is -0.0314. The molecule has 0 amide bonds. The Morgan fingerprint density at radius 2 is 1.39 bits per heavy atom. The van der Waals surface area contributed by atoms with E-state index in [2.05, 4.69) is 24.5 Å². The van der Waals surface area contributed by atoms with E-state index in [9.17, 15) is 9.59 Å². The third kappa shape index (κ3) is 2.42. The summed E-state index contributed by atoms with van der Waals surface area (Å²) in [7, 11) is 0. The molecule has 2 saturated heterocycles. The van der Waals surface area contributed by atoms with Crippen molar-refractivity contribution in [2.45, 2.75) is 33.5 Å². The number of carbonyl (C=O) groups is 2. The van der Waals surface area contributed by atoms with Gasteiger partial charge in [-0.1, -0.05) is 13.8 Å². The molecule has 0 aromatic rings. The van der Waals surface area contributed by atoms with Crippen molar-refractivity contribution >= 4 is 11.9 Å². The first-order valence-corrected chi connectivity index (χ1v) is 5.89. The number of nitrogens with one attached hydrogen (secondary N) is 2. The summed E-state index contributed by atoms with van der Waals surface area (Å²) in [4.78, 5) is 23.6. The molecule has 0 saturated carbocycles. The average molecular weight is 254 g/mol. The average Bonchev–Trinajstić information content (AvgIpc) is 2.17. The molecule has 2 aliphatic rings. The number of hydrogen-bond acceptors (Lipinski definition) is 6. The molecule has 18 heavy (non-hydrogen) atoms. The molecule has 0 atom stereocenters. The van der Waals surface area contributed by atoms with Crippen LogP contribution in [0.15, 0.2) is 11.4 Å². The zero-order valence-corrected chi connectivity index (χ0v) is 11.0. The molecule has 2 rings (SSSR count). The fourth-order valence-electron chi connectivity index (χ4n) is 1.81. The summed E-state index contributed by atoms with van der Waals surface area (Å²) >= 11 is 0. The Morgan fingerprint density at radius 1 is 0.944 bits per heavy atom. The zero-order chi connectivity index (χ0) is 13.6. The Bertz CT molecular complexity index is 403. The summed E-state index contributed by atoms with van der Waals surface area (Å²) in [5.74, 6) is -2.14. The molecule has 0 spiro atoms. The second-order valence-electron chi connectivity index (χ2n) is 5.80. The first-order chi connectivity index (χ1) is 8.20. The SMILES string of the molecule is CC1(C)CNC(=C2C(=O)OC(C)(C)OC2=O)NC1. The molecule has 0 aliphatic carbocycles. The first-order valence-electron chi connectivity index (χ1n) is 5.89. The summed E-state index contributed by atoms with van der Waals surface area (Å²) < 4.78 is 10.1. The lowest BCUT2D eigenvalue weighted by Gasteiger charge is -2.36. The van der Waals surface area contributed by atoms with Crippen LogP contribution >= 0.6 is 0 Å². The molecular formula is C12H18N2O4. The van der Waals surface area contributed by atoms with E-state index in [1.165, 1.54) is 13.8 Å². The molecule has 2 N–H and O–H groups in total. The predicted octanol–water partition coefficient (Wildman–Crippen LogP) is 0.253. The standard InChI is InChI=1S/C12H18N2O4/c1-11(2)5-13-8(14-6-11)7-9(15)17-12(3,4)18-10(7)16/h13-14H,5-6H2,1-4H3. The van der Waals surface area contributed by atoms with Crippen molar-refractivity contribution in [3.8, 4) is 0 Å². The molecule has 6 heteroatoms. The van der Waals surface area contributed by atoms with E-state index in [-0.39, 0.29) is 11.0 Å². The highest BCUT2D eigenvalue weighted by Gasteiger charge is 2.42. The van der Waals surface area contributed by atoms with E-state index in [0.29, 0.717) is 18.9 Å². The summed E-state index contributed by atoms with van der Waals surface area (Å²) in [5, 5.41) is 6.07. The smallest absolute Gasteiger partial charge is 0.352 e. The van der Waals surface area contributed by atoms with E-state index >= 15 is 0 Å². The van der Waals surface area contributed by atoms with E-state index < -0.39 is 17.7 Å². The minimum atomic E-state index is -1.20. The van der Waals surface area contributed by atoms with Crippen LogP contribution in [0.25, 0.3) is 0 Å². The maximum absolute atomic E-state index is 11.8. The Labute approximate surface area is 106 Å². The second-order valence-corrected chi connectivity index (χ2v) is 5.80. The quantitative estimate of drug-likeness (QED) is 0.367. The monoisotopic (exact) mass is 254 g/mol. The highest BCUT2D eigenvalue weighted by molar-refractivity contribution is 6.15. The molecule has 2 aliphatic heterocycles. The van der Waals surface area contributed by atoms with Gasteiger partial charge in [0.1, 0.15) is 5.82 Å². The zero-order valence-electron chi connectivity index (χ0n) is 11.0. The van der Waals surface area contributed by atoms with Gasteiger partial charge in [-0.15, -0.1) is 0 Å². The van der Waals surface area contributed by atoms with Crippen LogP contribution in [0.1, 0.15) is 27.7 Å². The first kappa shape index (κ1) is 12.7. The largest absolute Gasteiger partial charge is 0.419 e. The van der Waals surface area contributed by atoms with Gasteiger partial charge in [-0.2, -0.15) is 0 Å². The van der Waals surface area contributed by atoms with E-state index in [4.69, 9.17) is 9.47 Å². The van der Waals surface area contributed by atoms with Crippen molar-refractivity contribution in [3.63, 3.8) is 0 Å². The summed E-state index contributed by atoms with van der Waals surface area (Å²) in [6.45, 7) is 8.54. The van der Waals surface area contributed by atoms with Gasteiger partial charge in [0.2, 0.25) is 0 Å². The van der Waals surface area contributed by atoms with Gasteiger partial charge in [0.05, 0.1) is 0 Å². The molecule has 0 unspecified atom stereocenters. The van der Waals surface area contributed by atoms with Crippen molar-refractivity contribution in [1.82, 2.24) is 10.6 Å². The normalized spacial score (nSPS) is 25.8. The van der Waals surface area contributed by atoms with Gasteiger partial charge in [-0.25, -0.2) is 9.59 Å². The van der Waals surface area contributed by atoms with Gasteiger partial charge in [0.25, 0.3) is 5.79 Å². The number of ether oxygens (including phenoxy) is 2. The molecule has 2 heterocycles. The third-order valence-corrected chi connectivity index (χ3v) is 2.82. The Morgan fingerprint density at radius 3 is 1.83 bits per heavy atom. The van der Waals surface area contributed by atoms with E-state index in [1.807, 2.05) is 0 Å². The lowest BCUT2D eigenvalue weighted by atomic mass is 9.91. The van der Waals surface area contributed by atoms with Gasteiger partial charge in [-0.05, 0) is 5.41 Å². The summed E-state index contributed by atoms with van der Waals surface area (Å²) in [6, 6.07) is 0. The van der Waals surface area contributed by atoms with Crippen molar-refractivity contribution in [1.29, 1.82) is 0 Å². The lowest BCUT2D eigenvalue weighted by molar-refractivity contribution is -0.222. The highest BCUT2D eigenvalue weighted by Crippen LogP contribution is 2.25. The molecule has 0 aromatic carbocycles. The summed E-state index contributed by atoms with van der Waals surface area (Å²) in [6.07, 6.45) is 0. The van der Waals surface area contributed by atoms with Gasteiger partial charge >= 0.3 is 11.9 Å². The number of rotatable bonds is 0. The van der Waals surface area contributed by atoms with Gasteiger partial charge < -0.3 is 20.1 Å². The van der Waals surface area contributed by atoms with Gasteiger partial charge in [0, 0.05) is 26.9 Å². The minimum Gasteiger partial charge on any atom is -0.419 e. The molecule has 0 aromatic heterocycles. The third-order valence-electron chi connectivity index (χ3n) is 2.82. The van der Waals surface area contributed by atoms with Crippen LogP contribution < -0.4 is 10.6 Å². The van der Waals surface area contributed by atoms with Crippen LogP contribution in [0.4, 0.5) is 0 Å². The minimum absolute atomic E-state index is 0.0613. The fraction of sp³-hybridized carbons (Fsp3) is 0.667. The number of esters is 2. The molecule has 0 radical (unpaired) electrons. The van der Waals surface area contributed by atoms with Crippen molar-refractivity contribution in [3.05, 3.63) is 11.4 Å². The Balaban J connectivity index is 2.23.